The summed E-state index contributed by atoms with van der Waals surface area (Å²) in [5, 5.41) is 16.4. The summed E-state index contributed by atoms with van der Waals surface area (Å²) in [5.41, 5.74) is 5.70. The van der Waals surface area contributed by atoms with E-state index in [1.54, 1.807) is 11.8 Å². The zero-order valence-corrected chi connectivity index (χ0v) is 17.6. The van der Waals surface area contributed by atoms with Gasteiger partial charge in [-0.15, -0.1) is 0 Å². The fourth-order valence-electron chi connectivity index (χ4n) is 2.08. The average molecular weight is 423 g/mol. The summed E-state index contributed by atoms with van der Waals surface area (Å²) in [5.74, 6) is -2.06. The van der Waals surface area contributed by atoms with E-state index in [0.717, 1.165) is 5.75 Å². The van der Waals surface area contributed by atoms with Crippen LogP contribution in [0.15, 0.2) is 0 Å². The molecule has 6 N–H and O–H groups in total. The number of carbonyl (C=O) groups is 4. The van der Waals surface area contributed by atoms with Crippen LogP contribution in [0.3, 0.4) is 0 Å². The van der Waals surface area contributed by atoms with Crippen molar-refractivity contribution in [1.29, 1.82) is 0 Å². The minimum absolute atomic E-state index is 0.0211. The summed E-state index contributed by atoms with van der Waals surface area (Å²) in [7, 11) is 0. The molecule has 3 unspecified atom stereocenters. The van der Waals surface area contributed by atoms with Gasteiger partial charge in [0.25, 0.3) is 0 Å². The highest BCUT2D eigenvalue weighted by Crippen LogP contribution is 2.05. The second-order valence-electron chi connectivity index (χ2n) is 6.44. The molecule has 0 aromatic heterocycles. The molecular formula is C16H30N4O5S2. The van der Waals surface area contributed by atoms with Gasteiger partial charge in [0, 0.05) is 5.75 Å². The summed E-state index contributed by atoms with van der Waals surface area (Å²) in [6.07, 6.45) is 2.65. The van der Waals surface area contributed by atoms with Crippen LogP contribution in [-0.2, 0) is 19.2 Å². The molecule has 0 spiro atoms. The Balaban J connectivity index is 4.55. The first-order valence-corrected chi connectivity index (χ1v) is 10.6. The van der Waals surface area contributed by atoms with Gasteiger partial charge in [0.05, 0.1) is 12.6 Å². The van der Waals surface area contributed by atoms with Crippen LogP contribution in [0, 0.1) is 5.92 Å². The molecule has 0 saturated heterocycles. The van der Waals surface area contributed by atoms with Crippen molar-refractivity contribution in [1.82, 2.24) is 16.0 Å². The van der Waals surface area contributed by atoms with Crippen LogP contribution in [0.2, 0.25) is 0 Å². The Morgan fingerprint density at radius 3 is 2.22 bits per heavy atom. The quantitative estimate of drug-likeness (QED) is 0.213. The molecule has 3 amide bonds. The molecule has 27 heavy (non-hydrogen) atoms. The maximum Gasteiger partial charge on any atom is 0.326 e. The minimum atomic E-state index is -1.15. The number of hydrogen-bond acceptors (Lipinski definition) is 7. The van der Waals surface area contributed by atoms with E-state index in [1.165, 1.54) is 0 Å². The molecule has 0 heterocycles. The lowest BCUT2D eigenvalue weighted by Gasteiger charge is -2.21. The van der Waals surface area contributed by atoms with Crippen molar-refractivity contribution in [2.24, 2.45) is 11.7 Å². The molecule has 3 atom stereocenters. The summed E-state index contributed by atoms with van der Waals surface area (Å²) in [6.45, 7) is 3.34. The largest absolute Gasteiger partial charge is 0.480 e. The van der Waals surface area contributed by atoms with Crippen molar-refractivity contribution in [3.05, 3.63) is 0 Å². The Bertz CT molecular complexity index is 519. The number of carbonyl (C=O) groups excluding carboxylic acids is 3. The number of thiol groups is 1. The Morgan fingerprint density at radius 1 is 1.11 bits per heavy atom. The van der Waals surface area contributed by atoms with Gasteiger partial charge in [-0.25, -0.2) is 4.79 Å². The Labute approximate surface area is 169 Å². The summed E-state index contributed by atoms with van der Waals surface area (Å²) >= 11 is 5.58. The standard InChI is InChI=1S/C16H30N4O5S2/c1-9(2)6-11(16(24)25)20-15(23)12(8-26)19-13(21)7-18-14(22)10(17)4-5-27-3/h9-12,26H,4-8,17H2,1-3H3,(H,18,22)(H,19,21)(H,20,23)(H,24,25). The van der Waals surface area contributed by atoms with E-state index in [-0.39, 0.29) is 24.6 Å². The molecule has 11 heteroatoms. The van der Waals surface area contributed by atoms with Gasteiger partial charge in [0.15, 0.2) is 0 Å². The Kier molecular flexibility index (Phi) is 12.9. The van der Waals surface area contributed by atoms with E-state index < -0.39 is 41.8 Å². The third-order valence-corrected chi connectivity index (χ3v) is 4.56. The van der Waals surface area contributed by atoms with Crippen molar-refractivity contribution in [3.8, 4) is 0 Å². The van der Waals surface area contributed by atoms with Crippen LogP contribution in [0.5, 0.6) is 0 Å². The van der Waals surface area contributed by atoms with E-state index in [9.17, 15) is 24.3 Å². The fourth-order valence-corrected chi connectivity index (χ4v) is 2.83. The van der Waals surface area contributed by atoms with Crippen molar-refractivity contribution in [2.75, 3.05) is 24.3 Å². The molecule has 0 aromatic rings. The molecule has 0 saturated carbocycles. The summed E-state index contributed by atoms with van der Waals surface area (Å²) < 4.78 is 0. The van der Waals surface area contributed by atoms with Gasteiger partial charge < -0.3 is 26.8 Å². The van der Waals surface area contributed by atoms with Gasteiger partial charge in [0.1, 0.15) is 12.1 Å². The topological polar surface area (TPSA) is 151 Å². The first-order chi connectivity index (χ1) is 12.6. The monoisotopic (exact) mass is 422 g/mol. The predicted molar refractivity (Wildman–Crippen MR) is 109 cm³/mol. The van der Waals surface area contributed by atoms with E-state index in [0.29, 0.717) is 6.42 Å². The Hall–Kier alpha value is -1.46. The highest BCUT2D eigenvalue weighted by molar-refractivity contribution is 7.98. The van der Waals surface area contributed by atoms with Gasteiger partial charge in [-0.1, -0.05) is 13.8 Å². The van der Waals surface area contributed by atoms with E-state index >= 15 is 0 Å². The average Bonchev–Trinajstić information content (AvgIpc) is 2.60. The van der Waals surface area contributed by atoms with Crippen LogP contribution in [0.25, 0.3) is 0 Å². The lowest BCUT2D eigenvalue weighted by molar-refractivity contribution is -0.142. The number of nitrogens with two attached hydrogens (primary N) is 1. The SMILES string of the molecule is CSCCC(N)C(=O)NCC(=O)NC(CS)C(=O)NC(CC(C)C)C(=O)O. The fraction of sp³-hybridized carbons (Fsp3) is 0.750. The van der Waals surface area contributed by atoms with Crippen LogP contribution < -0.4 is 21.7 Å². The van der Waals surface area contributed by atoms with Crippen molar-refractivity contribution >= 4 is 48.1 Å². The minimum Gasteiger partial charge on any atom is -0.480 e. The zero-order chi connectivity index (χ0) is 21.0. The maximum atomic E-state index is 12.2. The number of hydrogen-bond donors (Lipinski definition) is 6. The number of rotatable bonds is 13. The number of thioether (sulfide) groups is 1. The van der Waals surface area contributed by atoms with Gasteiger partial charge in [-0.05, 0) is 30.8 Å². The van der Waals surface area contributed by atoms with Gasteiger partial charge >= 0.3 is 5.97 Å². The lowest BCUT2D eigenvalue weighted by atomic mass is 10.0. The van der Waals surface area contributed by atoms with Crippen LogP contribution in [-0.4, -0.2) is 71.2 Å². The molecule has 0 rings (SSSR count). The summed E-state index contributed by atoms with van der Waals surface area (Å²) in [6, 6.07) is -2.77. The number of carboxylic acids is 1. The molecule has 0 aliphatic carbocycles. The first kappa shape index (κ1) is 25.5. The van der Waals surface area contributed by atoms with Gasteiger partial charge in [0.2, 0.25) is 17.7 Å². The third-order valence-electron chi connectivity index (χ3n) is 3.55. The number of aliphatic carboxylic acids is 1. The second-order valence-corrected chi connectivity index (χ2v) is 7.79. The molecule has 0 fully saturated rings. The number of carboxylic acid groups (broad SMARTS) is 1. The predicted octanol–water partition coefficient (Wildman–Crippen LogP) is -0.787. The molecule has 0 aliphatic heterocycles. The van der Waals surface area contributed by atoms with E-state index in [1.807, 2.05) is 20.1 Å². The highest BCUT2D eigenvalue weighted by Gasteiger charge is 2.26. The highest BCUT2D eigenvalue weighted by atomic mass is 32.2. The molecule has 156 valence electrons. The van der Waals surface area contributed by atoms with Crippen LogP contribution >= 0.6 is 24.4 Å². The summed E-state index contributed by atoms with van der Waals surface area (Å²) in [4.78, 5) is 47.2. The van der Waals surface area contributed by atoms with E-state index in [2.05, 4.69) is 28.6 Å². The van der Waals surface area contributed by atoms with Crippen molar-refractivity contribution in [3.63, 3.8) is 0 Å². The number of amides is 3. The molecular weight excluding hydrogens is 392 g/mol. The van der Waals surface area contributed by atoms with Crippen LogP contribution in [0.4, 0.5) is 0 Å². The van der Waals surface area contributed by atoms with Crippen molar-refractivity contribution in [2.45, 2.75) is 44.8 Å². The molecule has 0 aromatic carbocycles. The van der Waals surface area contributed by atoms with Crippen LogP contribution in [0.1, 0.15) is 26.7 Å². The van der Waals surface area contributed by atoms with Crippen molar-refractivity contribution < 1.29 is 24.3 Å². The smallest absolute Gasteiger partial charge is 0.326 e. The van der Waals surface area contributed by atoms with Gasteiger partial charge in [-0.3, -0.25) is 14.4 Å². The third kappa shape index (κ3) is 11.1. The molecule has 0 bridgehead atoms. The Morgan fingerprint density at radius 2 is 1.74 bits per heavy atom. The lowest BCUT2D eigenvalue weighted by Crippen LogP contribution is -2.54. The van der Waals surface area contributed by atoms with E-state index in [4.69, 9.17) is 5.73 Å². The molecule has 0 radical (unpaired) electrons. The number of nitrogens with one attached hydrogen (secondary N) is 3. The molecule has 0 aliphatic rings. The van der Waals surface area contributed by atoms with Gasteiger partial charge in [-0.2, -0.15) is 24.4 Å². The first-order valence-electron chi connectivity index (χ1n) is 8.57. The second kappa shape index (κ2) is 13.7. The normalized spacial score (nSPS) is 14.1. The maximum absolute atomic E-state index is 12.2. The zero-order valence-electron chi connectivity index (χ0n) is 15.9. The molecule has 9 nitrogen and oxygen atoms in total.